The molecule has 0 bridgehead atoms. The average molecular weight is 364 g/mol. The van der Waals surface area contributed by atoms with Gasteiger partial charge >= 0.3 is 0 Å². The fourth-order valence-electron chi connectivity index (χ4n) is 2.34. The molecule has 0 unspecified atom stereocenters. The molecule has 0 spiro atoms. The predicted molar refractivity (Wildman–Crippen MR) is 99.2 cm³/mol. The summed E-state index contributed by atoms with van der Waals surface area (Å²) in [7, 11) is 3.12. The number of nitrogens with one attached hydrogen (secondary N) is 1. The zero-order valence-electron chi connectivity index (χ0n) is 15.0. The molecule has 5 nitrogen and oxygen atoms in total. The zero-order chi connectivity index (χ0) is 18.6. The molecule has 0 radical (unpaired) electrons. The highest BCUT2D eigenvalue weighted by Crippen LogP contribution is 2.33. The minimum atomic E-state index is -0.674. The van der Waals surface area contributed by atoms with Crippen LogP contribution in [0.5, 0.6) is 17.2 Å². The van der Waals surface area contributed by atoms with E-state index in [4.69, 9.17) is 25.8 Å². The molecule has 0 fully saturated rings. The van der Waals surface area contributed by atoms with Gasteiger partial charge in [0.1, 0.15) is 5.75 Å². The Morgan fingerprint density at radius 2 is 1.64 bits per heavy atom. The van der Waals surface area contributed by atoms with Crippen LogP contribution in [0.4, 0.5) is 5.69 Å². The maximum Gasteiger partial charge on any atom is 0.265 e. The number of methoxy groups -OCH3 is 2. The van der Waals surface area contributed by atoms with Gasteiger partial charge in [-0.1, -0.05) is 11.6 Å². The second kappa shape index (κ2) is 8.12. The van der Waals surface area contributed by atoms with Crippen molar-refractivity contribution in [2.75, 3.05) is 19.5 Å². The number of amides is 1. The van der Waals surface area contributed by atoms with Crippen LogP contribution < -0.4 is 19.5 Å². The molecule has 0 saturated carbocycles. The first-order valence-electron chi connectivity index (χ1n) is 7.82. The first kappa shape index (κ1) is 18.9. The van der Waals surface area contributed by atoms with Crippen molar-refractivity contribution < 1.29 is 19.0 Å². The molecule has 1 amide bonds. The molecule has 6 heteroatoms. The molecule has 0 saturated heterocycles. The van der Waals surface area contributed by atoms with Gasteiger partial charge in [0, 0.05) is 16.8 Å². The molecule has 2 rings (SSSR count). The number of carbonyl (C=O) groups excluding carboxylic acids is 1. The third-order valence-corrected chi connectivity index (χ3v) is 4.03. The van der Waals surface area contributed by atoms with Gasteiger partial charge < -0.3 is 19.5 Å². The molecule has 134 valence electrons. The molecule has 0 aliphatic carbocycles. The minimum absolute atomic E-state index is 0.260. The number of aryl methyl sites for hydroxylation is 2. The van der Waals surface area contributed by atoms with Crippen molar-refractivity contribution >= 4 is 23.2 Å². The Hall–Kier alpha value is -2.40. The number of benzene rings is 2. The lowest BCUT2D eigenvalue weighted by atomic mass is 10.1. The van der Waals surface area contributed by atoms with Crippen LogP contribution >= 0.6 is 11.6 Å². The SMILES string of the molecule is COc1cc(C)c(NC(=O)[C@@H](C)Oc2ccc(Cl)cc2C)cc1OC. The predicted octanol–water partition coefficient (Wildman–Crippen LogP) is 4.38. The lowest BCUT2D eigenvalue weighted by Gasteiger charge is -2.18. The van der Waals surface area contributed by atoms with Crippen molar-refractivity contribution in [2.45, 2.75) is 26.9 Å². The van der Waals surface area contributed by atoms with Crippen molar-refractivity contribution in [2.24, 2.45) is 0 Å². The van der Waals surface area contributed by atoms with E-state index in [1.54, 1.807) is 45.4 Å². The van der Waals surface area contributed by atoms with E-state index in [1.807, 2.05) is 19.9 Å². The average Bonchev–Trinajstić information content (AvgIpc) is 2.58. The van der Waals surface area contributed by atoms with Gasteiger partial charge in [-0.05, 0) is 56.2 Å². The Labute approximate surface area is 152 Å². The van der Waals surface area contributed by atoms with E-state index in [9.17, 15) is 4.79 Å². The van der Waals surface area contributed by atoms with E-state index in [-0.39, 0.29) is 5.91 Å². The lowest BCUT2D eigenvalue weighted by Crippen LogP contribution is -2.30. The van der Waals surface area contributed by atoms with Crippen LogP contribution in [0.3, 0.4) is 0 Å². The van der Waals surface area contributed by atoms with E-state index in [1.165, 1.54) is 0 Å². The smallest absolute Gasteiger partial charge is 0.265 e. The van der Waals surface area contributed by atoms with Crippen molar-refractivity contribution in [3.63, 3.8) is 0 Å². The quantitative estimate of drug-likeness (QED) is 0.827. The van der Waals surface area contributed by atoms with Gasteiger partial charge in [-0.15, -0.1) is 0 Å². The maximum absolute atomic E-state index is 12.5. The van der Waals surface area contributed by atoms with E-state index < -0.39 is 6.10 Å². The molecule has 2 aromatic rings. The van der Waals surface area contributed by atoms with Gasteiger partial charge in [0.15, 0.2) is 17.6 Å². The molecular formula is C19H22ClNO4. The van der Waals surface area contributed by atoms with Crippen LogP contribution in [0.2, 0.25) is 5.02 Å². The normalized spacial score (nSPS) is 11.6. The van der Waals surface area contributed by atoms with Gasteiger partial charge in [-0.3, -0.25) is 4.79 Å². The number of halogens is 1. The van der Waals surface area contributed by atoms with Gasteiger partial charge in [-0.2, -0.15) is 0 Å². The second-order valence-electron chi connectivity index (χ2n) is 5.68. The summed E-state index contributed by atoms with van der Waals surface area (Å²) in [5.74, 6) is 1.52. The molecule has 2 aromatic carbocycles. The molecule has 0 aliphatic heterocycles. The maximum atomic E-state index is 12.5. The monoisotopic (exact) mass is 363 g/mol. The van der Waals surface area contributed by atoms with Gasteiger partial charge in [0.05, 0.1) is 14.2 Å². The van der Waals surface area contributed by atoms with Gasteiger partial charge in [-0.25, -0.2) is 0 Å². The van der Waals surface area contributed by atoms with Crippen LogP contribution in [-0.4, -0.2) is 26.2 Å². The van der Waals surface area contributed by atoms with Gasteiger partial charge in [0.25, 0.3) is 5.91 Å². The Morgan fingerprint density at radius 3 is 2.24 bits per heavy atom. The third-order valence-electron chi connectivity index (χ3n) is 3.80. The minimum Gasteiger partial charge on any atom is -0.493 e. The summed E-state index contributed by atoms with van der Waals surface area (Å²) in [6.07, 6.45) is -0.674. The van der Waals surface area contributed by atoms with E-state index in [0.717, 1.165) is 11.1 Å². The number of ether oxygens (including phenoxy) is 3. The summed E-state index contributed by atoms with van der Waals surface area (Å²) in [5.41, 5.74) is 2.38. The highest BCUT2D eigenvalue weighted by Gasteiger charge is 2.18. The molecule has 0 heterocycles. The highest BCUT2D eigenvalue weighted by atomic mass is 35.5. The summed E-state index contributed by atoms with van der Waals surface area (Å²) < 4.78 is 16.3. The van der Waals surface area contributed by atoms with Crippen LogP contribution in [0, 0.1) is 13.8 Å². The highest BCUT2D eigenvalue weighted by molar-refractivity contribution is 6.30. The first-order chi connectivity index (χ1) is 11.8. The topological polar surface area (TPSA) is 56.8 Å². The summed E-state index contributed by atoms with van der Waals surface area (Å²) in [5, 5.41) is 3.49. The van der Waals surface area contributed by atoms with E-state index >= 15 is 0 Å². The molecule has 0 aromatic heterocycles. The number of hydrogen-bond donors (Lipinski definition) is 1. The number of rotatable bonds is 6. The molecule has 0 aliphatic rings. The zero-order valence-corrected chi connectivity index (χ0v) is 15.7. The third kappa shape index (κ3) is 4.57. The molecule has 25 heavy (non-hydrogen) atoms. The fraction of sp³-hybridized carbons (Fsp3) is 0.316. The van der Waals surface area contributed by atoms with E-state index in [0.29, 0.717) is 28.0 Å². The molecule has 1 atom stereocenters. The number of hydrogen-bond acceptors (Lipinski definition) is 4. The van der Waals surface area contributed by atoms with Crippen LogP contribution in [0.15, 0.2) is 30.3 Å². The fourth-order valence-corrected chi connectivity index (χ4v) is 2.57. The largest absolute Gasteiger partial charge is 0.493 e. The summed E-state index contributed by atoms with van der Waals surface area (Å²) >= 11 is 5.94. The Kier molecular flexibility index (Phi) is 6.15. The Morgan fingerprint density at radius 1 is 1.00 bits per heavy atom. The second-order valence-corrected chi connectivity index (χ2v) is 6.12. The summed E-state index contributed by atoms with van der Waals surface area (Å²) in [6, 6.07) is 8.81. The Balaban J connectivity index is 2.13. The molecule has 1 N–H and O–H groups in total. The van der Waals surface area contributed by atoms with Crippen molar-refractivity contribution in [1.82, 2.24) is 0 Å². The first-order valence-corrected chi connectivity index (χ1v) is 8.19. The van der Waals surface area contributed by atoms with Crippen molar-refractivity contribution in [1.29, 1.82) is 0 Å². The van der Waals surface area contributed by atoms with Crippen molar-refractivity contribution in [3.8, 4) is 17.2 Å². The van der Waals surface area contributed by atoms with Crippen molar-refractivity contribution in [3.05, 3.63) is 46.5 Å². The summed E-state index contributed by atoms with van der Waals surface area (Å²) in [6.45, 7) is 5.45. The lowest BCUT2D eigenvalue weighted by molar-refractivity contribution is -0.122. The van der Waals surface area contributed by atoms with E-state index in [2.05, 4.69) is 5.32 Å². The number of anilines is 1. The standard InChI is InChI=1S/C19H22ClNO4/c1-11-9-17(23-4)18(24-5)10-15(11)21-19(22)13(3)25-16-7-6-14(20)8-12(16)2/h6-10,13H,1-5H3,(H,21,22)/t13-/m1/s1. The Bertz CT molecular complexity index is 776. The van der Waals surface area contributed by atoms with Crippen LogP contribution in [0.25, 0.3) is 0 Å². The van der Waals surface area contributed by atoms with Crippen LogP contribution in [0.1, 0.15) is 18.1 Å². The van der Waals surface area contributed by atoms with Gasteiger partial charge in [0.2, 0.25) is 0 Å². The number of carbonyl (C=O) groups is 1. The molecular weight excluding hydrogens is 342 g/mol. The summed E-state index contributed by atoms with van der Waals surface area (Å²) in [4.78, 5) is 12.5. The van der Waals surface area contributed by atoms with Crippen LogP contribution in [-0.2, 0) is 4.79 Å².